The molecule has 1 aliphatic heterocycles. The van der Waals surface area contributed by atoms with E-state index in [0.29, 0.717) is 23.3 Å². The van der Waals surface area contributed by atoms with Crippen LogP contribution < -0.4 is 0 Å². The van der Waals surface area contributed by atoms with Crippen LogP contribution in [0.5, 0.6) is 5.75 Å². The molecule has 2 aliphatic carbocycles. The second-order valence-electron chi connectivity index (χ2n) is 11.9. The molecule has 5 atom stereocenters. The molecule has 2 aromatic carbocycles. The van der Waals surface area contributed by atoms with E-state index in [0.717, 1.165) is 43.7 Å². The standard InChI is InChI=1S/C33H44N2O3/c1-4-10-28(34(3)32(38)25-11-6-5-7-12-25)27(14-9-20-36)33-18-19-35(22-24-16-17-24)29(23(33)2)21-26-13-8-15-30(37)31(26)33/h5-9,11-15,23-24,27-29,36-37H,4,10,16-22H2,1-3H3. The smallest absolute Gasteiger partial charge is 0.253 e. The molecular weight excluding hydrogens is 472 g/mol. The summed E-state index contributed by atoms with van der Waals surface area (Å²) in [5, 5.41) is 21.3. The minimum absolute atomic E-state index is 0.0199. The molecule has 2 aromatic rings. The number of phenols is 1. The maximum absolute atomic E-state index is 13.8. The van der Waals surface area contributed by atoms with E-state index in [2.05, 4.69) is 30.9 Å². The number of aromatic hydroxyl groups is 1. The van der Waals surface area contributed by atoms with Crippen molar-refractivity contribution >= 4 is 5.91 Å². The lowest BCUT2D eigenvalue weighted by Crippen LogP contribution is -2.64. The average molecular weight is 517 g/mol. The zero-order valence-electron chi connectivity index (χ0n) is 23.2. The van der Waals surface area contributed by atoms with Gasteiger partial charge < -0.3 is 15.1 Å². The molecule has 1 amide bonds. The van der Waals surface area contributed by atoms with Gasteiger partial charge in [0.25, 0.3) is 5.91 Å². The van der Waals surface area contributed by atoms with Crippen LogP contribution >= 0.6 is 0 Å². The first-order valence-corrected chi connectivity index (χ1v) is 14.6. The number of aliphatic hydroxyl groups excluding tert-OH is 1. The number of nitrogens with zero attached hydrogens (tertiary/aromatic N) is 2. The van der Waals surface area contributed by atoms with E-state index in [1.165, 1.54) is 24.9 Å². The van der Waals surface area contributed by atoms with Crippen molar-refractivity contribution in [3.05, 3.63) is 77.4 Å². The van der Waals surface area contributed by atoms with Gasteiger partial charge in [-0.2, -0.15) is 0 Å². The molecule has 3 aliphatic rings. The molecule has 5 nitrogen and oxygen atoms in total. The predicted molar refractivity (Wildman–Crippen MR) is 152 cm³/mol. The number of amides is 1. The zero-order chi connectivity index (χ0) is 26.9. The lowest BCUT2D eigenvalue weighted by molar-refractivity contribution is -0.0199. The third-order valence-electron chi connectivity index (χ3n) is 9.77. The topological polar surface area (TPSA) is 64.0 Å². The van der Waals surface area contributed by atoms with Gasteiger partial charge in [-0.25, -0.2) is 0 Å². The van der Waals surface area contributed by atoms with Crippen LogP contribution in [-0.4, -0.2) is 64.7 Å². The van der Waals surface area contributed by atoms with Crippen molar-refractivity contribution in [2.45, 2.75) is 69.9 Å². The summed E-state index contributed by atoms with van der Waals surface area (Å²) in [7, 11) is 1.94. The highest BCUT2D eigenvalue weighted by Crippen LogP contribution is 2.57. The van der Waals surface area contributed by atoms with Gasteiger partial charge >= 0.3 is 0 Å². The maximum atomic E-state index is 13.8. The molecule has 0 aromatic heterocycles. The zero-order valence-corrected chi connectivity index (χ0v) is 23.2. The lowest BCUT2D eigenvalue weighted by Gasteiger charge is -2.60. The molecule has 1 heterocycles. The van der Waals surface area contributed by atoms with Gasteiger partial charge in [-0.15, -0.1) is 0 Å². The minimum Gasteiger partial charge on any atom is -0.508 e. The average Bonchev–Trinajstić information content (AvgIpc) is 3.75. The number of hydrogen-bond acceptors (Lipinski definition) is 4. The largest absolute Gasteiger partial charge is 0.508 e. The van der Waals surface area contributed by atoms with Crippen molar-refractivity contribution in [2.24, 2.45) is 17.8 Å². The van der Waals surface area contributed by atoms with Crippen molar-refractivity contribution in [1.82, 2.24) is 9.80 Å². The Kier molecular flexibility index (Phi) is 7.97. The van der Waals surface area contributed by atoms with Gasteiger partial charge in [-0.05, 0) is 74.2 Å². The predicted octanol–water partition coefficient (Wildman–Crippen LogP) is 5.41. The van der Waals surface area contributed by atoms with Crippen molar-refractivity contribution in [3.63, 3.8) is 0 Å². The van der Waals surface area contributed by atoms with E-state index in [1.54, 1.807) is 0 Å². The van der Waals surface area contributed by atoms with Crippen LogP contribution in [-0.2, 0) is 11.8 Å². The molecule has 5 rings (SSSR count). The second kappa shape index (κ2) is 11.2. The summed E-state index contributed by atoms with van der Waals surface area (Å²) in [5.41, 5.74) is 2.67. The molecule has 2 bridgehead atoms. The first kappa shape index (κ1) is 27.0. The Morgan fingerprint density at radius 1 is 1.18 bits per heavy atom. The van der Waals surface area contributed by atoms with Gasteiger partial charge in [-0.1, -0.05) is 62.8 Å². The number of likely N-dealkylation sites (tertiary alicyclic amines) is 1. The number of carbonyl (C=O) groups is 1. The highest BCUT2D eigenvalue weighted by molar-refractivity contribution is 5.94. The molecule has 5 heteroatoms. The number of hydrogen-bond donors (Lipinski definition) is 2. The first-order valence-electron chi connectivity index (χ1n) is 14.6. The Hall–Kier alpha value is -2.63. The maximum Gasteiger partial charge on any atom is 0.253 e. The normalized spacial score (nSPS) is 26.6. The number of benzene rings is 2. The van der Waals surface area contributed by atoms with Crippen LogP contribution in [0.1, 0.15) is 67.4 Å². The van der Waals surface area contributed by atoms with Crippen molar-refractivity contribution in [2.75, 3.05) is 26.7 Å². The van der Waals surface area contributed by atoms with Crippen LogP contribution in [0.25, 0.3) is 0 Å². The van der Waals surface area contributed by atoms with E-state index in [4.69, 9.17) is 0 Å². The fourth-order valence-corrected chi connectivity index (χ4v) is 7.75. The lowest BCUT2D eigenvalue weighted by atomic mass is 9.51. The van der Waals surface area contributed by atoms with Crippen LogP contribution in [0.2, 0.25) is 0 Å². The molecule has 38 heavy (non-hydrogen) atoms. The second-order valence-corrected chi connectivity index (χ2v) is 11.9. The summed E-state index contributed by atoms with van der Waals surface area (Å²) >= 11 is 0. The number of piperidine rings is 1. The number of aliphatic hydroxyl groups is 1. The minimum atomic E-state index is -0.333. The molecular formula is C33H44N2O3. The third kappa shape index (κ3) is 4.80. The van der Waals surface area contributed by atoms with Crippen LogP contribution in [0.4, 0.5) is 0 Å². The monoisotopic (exact) mass is 516 g/mol. The molecule has 2 fully saturated rings. The van der Waals surface area contributed by atoms with Gasteiger partial charge in [0.1, 0.15) is 5.75 Å². The summed E-state index contributed by atoms with van der Waals surface area (Å²) in [6.45, 7) is 6.68. The number of carbonyl (C=O) groups excluding carboxylic acids is 1. The fourth-order valence-electron chi connectivity index (χ4n) is 7.75. The summed E-state index contributed by atoms with van der Waals surface area (Å²) in [6.07, 6.45) is 10.4. The highest BCUT2D eigenvalue weighted by atomic mass is 16.3. The van der Waals surface area contributed by atoms with Crippen molar-refractivity contribution in [3.8, 4) is 5.75 Å². The van der Waals surface area contributed by atoms with E-state index in [1.807, 2.05) is 60.5 Å². The molecule has 0 spiro atoms. The van der Waals surface area contributed by atoms with E-state index < -0.39 is 0 Å². The highest BCUT2D eigenvalue weighted by Gasteiger charge is 2.57. The van der Waals surface area contributed by atoms with Gasteiger partial charge in [0.2, 0.25) is 0 Å². The summed E-state index contributed by atoms with van der Waals surface area (Å²) in [5.74, 6) is 1.47. The number of rotatable bonds is 10. The first-order chi connectivity index (χ1) is 18.4. The fraction of sp³-hybridized carbons (Fsp3) is 0.545. The number of phenolic OH excluding ortho intramolecular Hbond substituents is 1. The molecule has 5 unspecified atom stereocenters. The molecule has 1 saturated heterocycles. The molecule has 2 N–H and O–H groups in total. The van der Waals surface area contributed by atoms with E-state index in [9.17, 15) is 15.0 Å². The van der Waals surface area contributed by atoms with Crippen LogP contribution in [0, 0.1) is 17.8 Å². The van der Waals surface area contributed by atoms with Gasteiger partial charge in [0.15, 0.2) is 0 Å². The molecule has 204 valence electrons. The van der Waals surface area contributed by atoms with Crippen molar-refractivity contribution in [1.29, 1.82) is 0 Å². The summed E-state index contributed by atoms with van der Waals surface area (Å²) < 4.78 is 0. The van der Waals surface area contributed by atoms with Crippen molar-refractivity contribution < 1.29 is 15.0 Å². The van der Waals surface area contributed by atoms with Crippen LogP contribution in [0.3, 0.4) is 0 Å². The summed E-state index contributed by atoms with van der Waals surface area (Å²) in [6, 6.07) is 15.9. The molecule has 0 radical (unpaired) electrons. The Morgan fingerprint density at radius 2 is 1.95 bits per heavy atom. The third-order valence-corrected chi connectivity index (χ3v) is 9.77. The quantitative estimate of drug-likeness (QED) is 0.415. The number of fused-ring (bicyclic) bond motifs is 4. The van der Waals surface area contributed by atoms with E-state index in [-0.39, 0.29) is 29.9 Å². The Bertz CT molecular complexity index is 1140. The molecule has 1 saturated carbocycles. The SMILES string of the molecule is CCCC(C(C=CCO)C12CCN(CC3CC3)C(Cc3cccc(O)c31)C2C)N(C)C(=O)c1ccccc1. The Morgan fingerprint density at radius 3 is 2.63 bits per heavy atom. The van der Waals surface area contributed by atoms with E-state index >= 15 is 0 Å². The summed E-state index contributed by atoms with van der Waals surface area (Å²) in [4.78, 5) is 18.4. The van der Waals surface area contributed by atoms with Gasteiger partial charge in [0, 0.05) is 48.1 Å². The van der Waals surface area contributed by atoms with Gasteiger partial charge in [-0.3, -0.25) is 9.69 Å². The van der Waals surface area contributed by atoms with Crippen LogP contribution in [0.15, 0.2) is 60.7 Å². The Labute approximate surface area is 228 Å². The Balaban J connectivity index is 1.63. The van der Waals surface area contributed by atoms with Gasteiger partial charge in [0.05, 0.1) is 6.61 Å².